The first-order valence-electron chi connectivity index (χ1n) is 9.17. The molecule has 1 saturated carbocycles. The fraction of sp³-hybridized carbons (Fsp3) is 0.632. The molecular formula is C19H26N2O3S. The highest BCUT2D eigenvalue weighted by Crippen LogP contribution is 2.34. The first-order chi connectivity index (χ1) is 11.8. The van der Waals surface area contributed by atoms with E-state index in [1.54, 1.807) is 0 Å². The van der Waals surface area contributed by atoms with Crippen molar-refractivity contribution < 1.29 is 13.2 Å². The Labute approximate surface area is 149 Å². The van der Waals surface area contributed by atoms with E-state index in [0.29, 0.717) is 12.1 Å². The van der Waals surface area contributed by atoms with Crippen LogP contribution < -0.4 is 0 Å². The van der Waals surface area contributed by atoms with Crippen molar-refractivity contribution >= 4 is 15.7 Å². The van der Waals surface area contributed by atoms with Gasteiger partial charge in [-0.15, -0.1) is 0 Å². The normalized spacial score (nSPS) is 28.8. The highest BCUT2D eigenvalue weighted by molar-refractivity contribution is 7.91. The van der Waals surface area contributed by atoms with Gasteiger partial charge in [0.15, 0.2) is 9.84 Å². The van der Waals surface area contributed by atoms with Gasteiger partial charge < -0.3 is 4.90 Å². The quantitative estimate of drug-likeness (QED) is 0.820. The number of benzene rings is 1. The van der Waals surface area contributed by atoms with Crippen LogP contribution in [0.5, 0.6) is 0 Å². The first-order valence-corrected chi connectivity index (χ1v) is 11.0. The van der Waals surface area contributed by atoms with Crippen LogP contribution in [0.4, 0.5) is 0 Å². The predicted octanol–water partition coefficient (Wildman–Crippen LogP) is 1.64. The molecule has 1 aromatic rings. The Morgan fingerprint density at radius 2 is 1.84 bits per heavy atom. The minimum absolute atomic E-state index is 0.0179. The van der Waals surface area contributed by atoms with E-state index in [4.69, 9.17) is 0 Å². The molecule has 3 aliphatic rings. The number of aryl methyl sites for hydroxylation is 2. The summed E-state index contributed by atoms with van der Waals surface area (Å²) in [5.74, 6) is 1.01. The van der Waals surface area contributed by atoms with Crippen LogP contribution in [0.1, 0.15) is 34.3 Å². The summed E-state index contributed by atoms with van der Waals surface area (Å²) in [6.45, 7) is 6.35. The third kappa shape index (κ3) is 3.34. The average Bonchev–Trinajstić information content (AvgIpc) is 3.27. The number of carbonyl (C=O) groups excluding carboxylic acids is 1. The van der Waals surface area contributed by atoms with Gasteiger partial charge in [-0.05, 0) is 44.2 Å². The molecule has 136 valence electrons. The standard InChI is InChI=1S/C19H26N2O3S/c1-13-3-6-16(14(2)9-13)19(22)21-8-7-20(10-15-4-5-15)17-11-25(23,24)12-18(17)21/h3,6,9,15,17-18H,4-5,7-8,10-12H2,1-2H3/t17-,18+/m1/s1. The Morgan fingerprint density at radius 1 is 1.12 bits per heavy atom. The van der Waals surface area contributed by atoms with E-state index >= 15 is 0 Å². The molecule has 0 unspecified atom stereocenters. The van der Waals surface area contributed by atoms with Crippen molar-refractivity contribution in [1.82, 2.24) is 9.80 Å². The summed E-state index contributed by atoms with van der Waals surface area (Å²) in [5, 5.41) is 0. The largest absolute Gasteiger partial charge is 0.332 e. The lowest BCUT2D eigenvalue weighted by molar-refractivity contribution is 0.0317. The number of carbonyl (C=O) groups is 1. The molecule has 5 nitrogen and oxygen atoms in total. The van der Waals surface area contributed by atoms with E-state index in [2.05, 4.69) is 4.90 Å². The van der Waals surface area contributed by atoms with E-state index in [0.717, 1.165) is 30.1 Å². The van der Waals surface area contributed by atoms with Crippen LogP contribution in [0.15, 0.2) is 18.2 Å². The van der Waals surface area contributed by atoms with Crippen molar-refractivity contribution in [3.05, 3.63) is 34.9 Å². The van der Waals surface area contributed by atoms with Gasteiger partial charge >= 0.3 is 0 Å². The van der Waals surface area contributed by atoms with Crippen LogP contribution in [0, 0.1) is 19.8 Å². The Kier molecular flexibility index (Phi) is 4.15. The maximum Gasteiger partial charge on any atom is 0.254 e. The van der Waals surface area contributed by atoms with Gasteiger partial charge in [-0.3, -0.25) is 9.69 Å². The highest BCUT2D eigenvalue weighted by Gasteiger charge is 2.48. The van der Waals surface area contributed by atoms with Crippen LogP contribution in [0.25, 0.3) is 0 Å². The number of piperazine rings is 1. The molecule has 1 aliphatic carbocycles. The molecule has 0 bridgehead atoms. The molecule has 1 amide bonds. The van der Waals surface area contributed by atoms with Crippen molar-refractivity contribution in [1.29, 1.82) is 0 Å². The predicted molar refractivity (Wildman–Crippen MR) is 97.5 cm³/mol. The number of amides is 1. The molecule has 4 rings (SSSR count). The van der Waals surface area contributed by atoms with Crippen LogP contribution in [-0.2, 0) is 9.84 Å². The number of hydrogen-bond acceptors (Lipinski definition) is 4. The lowest BCUT2D eigenvalue weighted by Gasteiger charge is -2.44. The van der Waals surface area contributed by atoms with Gasteiger partial charge in [0.1, 0.15) is 0 Å². The molecule has 1 aromatic carbocycles. The second-order valence-corrected chi connectivity index (χ2v) is 10.1. The van der Waals surface area contributed by atoms with Gasteiger partial charge in [0.25, 0.3) is 5.91 Å². The Morgan fingerprint density at radius 3 is 2.52 bits per heavy atom. The molecule has 6 heteroatoms. The van der Waals surface area contributed by atoms with E-state index in [-0.39, 0.29) is 29.5 Å². The highest BCUT2D eigenvalue weighted by atomic mass is 32.2. The first kappa shape index (κ1) is 17.0. The third-order valence-corrected chi connectivity index (χ3v) is 7.55. The van der Waals surface area contributed by atoms with Crippen LogP contribution >= 0.6 is 0 Å². The van der Waals surface area contributed by atoms with E-state index < -0.39 is 9.84 Å². The van der Waals surface area contributed by atoms with Gasteiger partial charge in [-0.1, -0.05) is 17.7 Å². The van der Waals surface area contributed by atoms with Crippen molar-refractivity contribution in [3.63, 3.8) is 0 Å². The molecule has 0 aromatic heterocycles. The maximum absolute atomic E-state index is 13.1. The van der Waals surface area contributed by atoms with Crippen LogP contribution in [-0.4, -0.2) is 67.3 Å². The Hall–Kier alpha value is -1.40. The second-order valence-electron chi connectivity index (χ2n) is 7.97. The molecule has 0 radical (unpaired) electrons. The SMILES string of the molecule is Cc1ccc(C(=O)N2CCN(CC3CC3)[C@@H]3CS(=O)(=O)C[C@@H]32)c(C)c1. The molecule has 0 spiro atoms. The van der Waals surface area contributed by atoms with Crippen molar-refractivity contribution in [2.75, 3.05) is 31.1 Å². The molecule has 2 saturated heterocycles. The minimum atomic E-state index is -3.08. The van der Waals surface area contributed by atoms with E-state index in [9.17, 15) is 13.2 Å². The second kappa shape index (κ2) is 6.09. The summed E-state index contributed by atoms with van der Waals surface area (Å²) >= 11 is 0. The Bertz CT molecular complexity index is 801. The fourth-order valence-corrected chi connectivity index (χ4v) is 6.36. The number of hydrogen-bond donors (Lipinski definition) is 0. The summed E-state index contributed by atoms with van der Waals surface area (Å²) in [5.41, 5.74) is 2.79. The minimum Gasteiger partial charge on any atom is -0.332 e. The van der Waals surface area contributed by atoms with Crippen LogP contribution in [0.2, 0.25) is 0 Å². The number of fused-ring (bicyclic) bond motifs is 1. The number of sulfone groups is 1. The monoisotopic (exact) mass is 362 g/mol. The zero-order chi connectivity index (χ0) is 17.8. The molecule has 25 heavy (non-hydrogen) atoms. The fourth-order valence-electron chi connectivity index (χ4n) is 4.34. The summed E-state index contributed by atoms with van der Waals surface area (Å²) < 4.78 is 24.6. The van der Waals surface area contributed by atoms with Gasteiger partial charge in [0, 0.05) is 31.2 Å². The molecule has 0 N–H and O–H groups in total. The summed E-state index contributed by atoms with van der Waals surface area (Å²) in [7, 11) is -3.08. The molecular weight excluding hydrogens is 336 g/mol. The van der Waals surface area contributed by atoms with E-state index in [1.807, 2.05) is 36.9 Å². The lowest BCUT2D eigenvalue weighted by Crippen LogP contribution is -2.60. The maximum atomic E-state index is 13.1. The zero-order valence-corrected chi connectivity index (χ0v) is 15.8. The van der Waals surface area contributed by atoms with Crippen LogP contribution in [0.3, 0.4) is 0 Å². The summed E-state index contributed by atoms with van der Waals surface area (Å²) in [6, 6.07) is 5.60. The number of rotatable bonds is 3. The zero-order valence-electron chi connectivity index (χ0n) is 14.9. The van der Waals surface area contributed by atoms with Gasteiger partial charge in [-0.25, -0.2) is 8.42 Å². The van der Waals surface area contributed by atoms with E-state index in [1.165, 1.54) is 12.8 Å². The van der Waals surface area contributed by atoms with Crippen molar-refractivity contribution in [2.24, 2.45) is 5.92 Å². The Balaban J connectivity index is 1.60. The molecule has 3 fully saturated rings. The van der Waals surface area contributed by atoms with Crippen molar-refractivity contribution in [3.8, 4) is 0 Å². The van der Waals surface area contributed by atoms with Gasteiger partial charge in [0.05, 0.1) is 17.5 Å². The van der Waals surface area contributed by atoms with Gasteiger partial charge in [0.2, 0.25) is 0 Å². The smallest absolute Gasteiger partial charge is 0.254 e. The average molecular weight is 362 g/mol. The third-order valence-electron chi connectivity index (χ3n) is 5.85. The molecule has 2 aliphatic heterocycles. The molecule has 2 heterocycles. The van der Waals surface area contributed by atoms with Gasteiger partial charge in [-0.2, -0.15) is 0 Å². The lowest BCUT2D eigenvalue weighted by atomic mass is 10.00. The summed E-state index contributed by atoms with van der Waals surface area (Å²) in [6.07, 6.45) is 2.51. The number of nitrogens with zero attached hydrogens (tertiary/aromatic N) is 2. The molecule has 2 atom stereocenters. The summed E-state index contributed by atoms with van der Waals surface area (Å²) in [4.78, 5) is 17.3. The topological polar surface area (TPSA) is 57.7 Å². The van der Waals surface area contributed by atoms with Crippen molar-refractivity contribution in [2.45, 2.75) is 38.8 Å².